The molecule has 0 spiro atoms. The summed E-state index contributed by atoms with van der Waals surface area (Å²) >= 11 is 1.89. The van der Waals surface area contributed by atoms with Gasteiger partial charge in [0.1, 0.15) is 0 Å². The van der Waals surface area contributed by atoms with Crippen LogP contribution in [0.5, 0.6) is 0 Å². The maximum atomic E-state index is 2.70. The Labute approximate surface area is 102 Å². The molecule has 1 aromatic rings. The second-order valence-corrected chi connectivity index (χ2v) is 6.03. The highest BCUT2D eigenvalue weighted by atomic mass is 32.1. The van der Waals surface area contributed by atoms with Crippen molar-refractivity contribution in [3.8, 4) is 0 Å². The van der Waals surface area contributed by atoms with Crippen LogP contribution < -0.4 is 0 Å². The Hall–Kier alpha value is -0.380. The van der Waals surface area contributed by atoms with Crippen LogP contribution in [-0.2, 0) is 6.54 Å². The molecule has 88 valence electrons. The van der Waals surface area contributed by atoms with Crippen LogP contribution >= 0.6 is 11.3 Å². The summed E-state index contributed by atoms with van der Waals surface area (Å²) in [4.78, 5) is 6.88. The van der Waals surface area contributed by atoms with Gasteiger partial charge in [-0.25, -0.2) is 0 Å². The molecule has 2 saturated heterocycles. The molecule has 1 aromatic heterocycles. The summed E-state index contributed by atoms with van der Waals surface area (Å²) in [5.41, 5.74) is 0. The third-order valence-corrected chi connectivity index (χ3v) is 4.71. The quantitative estimate of drug-likeness (QED) is 0.778. The van der Waals surface area contributed by atoms with Crippen LogP contribution in [0.4, 0.5) is 0 Å². The van der Waals surface area contributed by atoms with Crippen LogP contribution in [0.1, 0.15) is 24.1 Å². The van der Waals surface area contributed by atoms with Gasteiger partial charge in [0, 0.05) is 24.0 Å². The molecule has 0 N–H and O–H groups in total. The number of rotatable bonds is 2. The Morgan fingerprint density at radius 3 is 3.06 bits per heavy atom. The van der Waals surface area contributed by atoms with Gasteiger partial charge in [0.05, 0.1) is 0 Å². The number of nitrogens with zero attached hydrogens (tertiary/aromatic N) is 2. The Morgan fingerprint density at radius 1 is 1.25 bits per heavy atom. The first kappa shape index (κ1) is 10.8. The van der Waals surface area contributed by atoms with E-state index in [4.69, 9.17) is 0 Å². The molecule has 0 bridgehead atoms. The number of fused-ring (bicyclic) bond motifs is 1. The molecular formula is C13H20N2S. The zero-order valence-corrected chi connectivity index (χ0v) is 10.6. The van der Waals surface area contributed by atoms with Crippen LogP contribution in [0.15, 0.2) is 17.5 Å². The van der Waals surface area contributed by atoms with E-state index in [-0.39, 0.29) is 0 Å². The molecule has 0 aliphatic carbocycles. The molecule has 0 saturated carbocycles. The highest BCUT2D eigenvalue weighted by molar-refractivity contribution is 7.09. The average Bonchev–Trinajstić information content (AvgIpc) is 2.88. The molecule has 3 rings (SSSR count). The molecule has 3 heteroatoms. The molecular weight excluding hydrogens is 216 g/mol. The summed E-state index contributed by atoms with van der Waals surface area (Å²) in [6.07, 6.45) is 4.18. The summed E-state index contributed by atoms with van der Waals surface area (Å²) in [5.74, 6) is 0. The molecule has 1 atom stereocenters. The number of thiophene rings is 1. The monoisotopic (exact) mass is 236 g/mol. The van der Waals surface area contributed by atoms with Crippen LogP contribution in [0.2, 0.25) is 0 Å². The summed E-state index contributed by atoms with van der Waals surface area (Å²) in [6.45, 7) is 6.41. The van der Waals surface area contributed by atoms with Crippen LogP contribution in [-0.4, -0.2) is 42.0 Å². The Balaban J connectivity index is 1.63. The summed E-state index contributed by atoms with van der Waals surface area (Å²) in [7, 11) is 0. The first-order valence-electron chi connectivity index (χ1n) is 6.40. The fourth-order valence-corrected chi connectivity index (χ4v) is 3.80. The number of hydrogen-bond donors (Lipinski definition) is 0. The van der Waals surface area contributed by atoms with E-state index in [1.165, 1.54) is 56.9 Å². The molecule has 2 aliphatic heterocycles. The van der Waals surface area contributed by atoms with Crippen LogP contribution in [0, 0.1) is 0 Å². The maximum absolute atomic E-state index is 2.70. The average molecular weight is 236 g/mol. The van der Waals surface area contributed by atoms with Gasteiger partial charge in [0.25, 0.3) is 0 Å². The third kappa shape index (κ3) is 2.31. The van der Waals surface area contributed by atoms with Gasteiger partial charge in [-0.3, -0.25) is 9.80 Å². The van der Waals surface area contributed by atoms with Gasteiger partial charge >= 0.3 is 0 Å². The molecule has 0 radical (unpaired) electrons. The van der Waals surface area contributed by atoms with E-state index in [2.05, 4.69) is 27.3 Å². The fraction of sp³-hybridized carbons (Fsp3) is 0.692. The van der Waals surface area contributed by atoms with Crippen molar-refractivity contribution in [1.29, 1.82) is 0 Å². The Morgan fingerprint density at radius 2 is 2.19 bits per heavy atom. The summed E-state index contributed by atoms with van der Waals surface area (Å²) in [6, 6.07) is 5.28. The zero-order chi connectivity index (χ0) is 10.8. The first-order valence-corrected chi connectivity index (χ1v) is 7.28. The van der Waals surface area contributed by atoms with Crippen molar-refractivity contribution in [3.63, 3.8) is 0 Å². The fourth-order valence-electron chi connectivity index (χ4n) is 3.05. The van der Waals surface area contributed by atoms with Crippen molar-refractivity contribution in [1.82, 2.24) is 9.80 Å². The van der Waals surface area contributed by atoms with Crippen molar-refractivity contribution in [2.24, 2.45) is 0 Å². The maximum Gasteiger partial charge on any atom is 0.0328 e. The molecule has 2 fully saturated rings. The first-order chi connectivity index (χ1) is 7.92. The Bertz CT molecular complexity index is 323. The minimum absolute atomic E-state index is 0.850. The lowest BCUT2D eigenvalue weighted by atomic mass is 10.2. The topological polar surface area (TPSA) is 6.48 Å². The zero-order valence-electron chi connectivity index (χ0n) is 9.77. The second-order valence-electron chi connectivity index (χ2n) is 5.00. The van der Waals surface area contributed by atoms with Crippen LogP contribution in [0.25, 0.3) is 0 Å². The van der Waals surface area contributed by atoms with Gasteiger partial charge in [0.2, 0.25) is 0 Å². The summed E-state index contributed by atoms with van der Waals surface area (Å²) < 4.78 is 0. The molecule has 0 aromatic carbocycles. The molecule has 3 heterocycles. The van der Waals surface area contributed by atoms with Gasteiger partial charge in [-0.15, -0.1) is 11.3 Å². The standard InChI is InChI=1S/C13H20N2S/c1-4-12-10-14(6-3-8-15(12)7-1)11-13-5-2-9-16-13/h2,5,9,12H,1,3-4,6-8,10-11H2. The minimum atomic E-state index is 0.850. The van der Waals surface area contributed by atoms with E-state index < -0.39 is 0 Å². The van der Waals surface area contributed by atoms with E-state index in [1.54, 1.807) is 0 Å². The van der Waals surface area contributed by atoms with Crippen molar-refractivity contribution < 1.29 is 0 Å². The molecule has 2 nitrogen and oxygen atoms in total. The van der Waals surface area contributed by atoms with E-state index in [0.29, 0.717) is 0 Å². The van der Waals surface area contributed by atoms with Crippen molar-refractivity contribution in [2.45, 2.75) is 31.8 Å². The Kier molecular flexibility index (Phi) is 3.27. The van der Waals surface area contributed by atoms with E-state index in [0.717, 1.165) is 6.04 Å². The predicted molar refractivity (Wildman–Crippen MR) is 68.8 cm³/mol. The minimum Gasteiger partial charge on any atom is -0.299 e. The van der Waals surface area contributed by atoms with Crippen LogP contribution in [0.3, 0.4) is 0 Å². The van der Waals surface area contributed by atoms with E-state index in [1.807, 2.05) is 11.3 Å². The van der Waals surface area contributed by atoms with Gasteiger partial charge in [0.15, 0.2) is 0 Å². The second kappa shape index (κ2) is 4.86. The smallest absolute Gasteiger partial charge is 0.0328 e. The molecule has 2 aliphatic rings. The lowest BCUT2D eigenvalue weighted by molar-refractivity contribution is 0.216. The van der Waals surface area contributed by atoms with E-state index in [9.17, 15) is 0 Å². The van der Waals surface area contributed by atoms with Gasteiger partial charge in [-0.2, -0.15) is 0 Å². The molecule has 0 amide bonds. The highest BCUT2D eigenvalue weighted by Crippen LogP contribution is 2.22. The lowest BCUT2D eigenvalue weighted by Gasteiger charge is -2.25. The highest BCUT2D eigenvalue weighted by Gasteiger charge is 2.28. The summed E-state index contributed by atoms with van der Waals surface area (Å²) in [5, 5.41) is 2.19. The normalized spacial score (nSPS) is 27.9. The van der Waals surface area contributed by atoms with Crippen molar-refractivity contribution in [3.05, 3.63) is 22.4 Å². The number of hydrogen-bond acceptors (Lipinski definition) is 3. The van der Waals surface area contributed by atoms with Crippen molar-refractivity contribution in [2.75, 3.05) is 26.2 Å². The molecule has 1 unspecified atom stereocenters. The van der Waals surface area contributed by atoms with Gasteiger partial charge in [-0.1, -0.05) is 6.07 Å². The largest absolute Gasteiger partial charge is 0.299 e. The predicted octanol–water partition coefficient (Wildman–Crippen LogP) is 2.42. The molecule has 16 heavy (non-hydrogen) atoms. The van der Waals surface area contributed by atoms with Gasteiger partial charge in [-0.05, 0) is 50.3 Å². The van der Waals surface area contributed by atoms with E-state index >= 15 is 0 Å². The van der Waals surface area contributed by atoms with Crippen molar-refractivity contribution >= 4 is 11.3 Å². The van der Waals surface area contributed by atoms with Gasteiger partial charge < -0.3 is 0 Å². The third-order valence-electron chi connectivity index (χ3n) is 3.85. The SMILES string of the molecule is c1csc(CN2CCCN3CCCC3C2)c1. The lowest BCUT2D eigenvalue weighted by Crippen LogP contribution is -2.36.